The van der Waals surface area contributed by atoms with Crippen molar-refractivity contribution in [2.45, 2.75) is 17.7 Å². The Labute approximate surface area is 168 Å². The zero-order valence-electron chi connectivity index (χ0n) is 14.5. The first-order valence-corrected chi connectivity index (χ1v) is 11.0. The van der Waals surface area contributed by atoms with Crippen LogP contribution in [-0.2, 0) is 10.0 Å². The van der Waals surface area contributed by atoms with Crippen LogP contribution in [0.5, 0.6) is 0 Å². The Hall–Kier alpha value is -1.45. The summed E-state index contributed by atoms with van der Waals surface area (Å²) < 4.78 is 28.6. The standard InChI is InChI=1S/C19H21IN2O3S/c1-22-11-9-14(10-12-22)19(23)15-3-2-4-17(13-15)21-26(24,25)18-7-5-16(20)6-8-18/h2-8,13-14,21H,9-12H2,1H3. The van der Waals surface area contributed by atoms with Gasteiger partial charge in [-0.15, -0.1) is 0 Å². The molecule has 1 aliphatic heterocycles. The lowest BCUT2D eigenvalue weighted by Crippen LogP contribution is -2.33. The largest absolute Gasteiger partial charge is 0.306 e. The molecular weight excluding hydrogens is 463 g/mol. The number of benzene rings is 2. The van der Waals surface area contributed by atoms with Crippen molar-refractivity contribution in [2.75, 3.05) is 24.9 Å². The summed E-state index contributed by atoms with van der Waals surface area (Å²) in [6.45, 7) is 1.82. The fourth-order valence-electron chi connectivity index (χ4n) is 3.07. The number of piperidine rings is 1. The second kappa shape index (κ2) is 8.06. The van der Waals surface area contributed by atoms with Crippen molar-refractivity contribution < 1.29 is 13.2 Å². The highest BCUT2D eigenvalue weighted by Gasteiger charge is 2.24. The molecule has 0 saturated carbocycles. The van der Waals surface area contributed by atoms with Gasteiger partial charge in [-0.25, -0.2) is 8.42 Å². The van der Waals surface area contributed by atoms with E-state index in [9.17, 15) is 13.2 Å². The van der Waals surface area contributed by atoms with Crippen molar-refractivity contribution in [3.05, 3.63) is 57.7 Å². The van der Waals surface area contributed by atoms with Gasteiger partial charge in [-0.1, -0.05) is 12.1 Å². The predicted molar refractivity (Wildman–Crippen MR) is 111 cm³/mol. The van der Waals surface area contributed by atoms with Gasteiger partial charge in [0, 0.05) is 20.7 Å². The normalized spacial score (nSPS) is 16.4. The van der Waals surface area contributed by atoms with E-state index in [0.717, 1.165) is 29.5 Å². The minimum absolute atomic E-state index is 0.00857. The number of sulfonamides is 1. The first kappa shape index (κ1) is 19.3. The Morgan fingerprint density at radius 3 is 2.42 bits per heavy atom. The van der Waals surface area contributed by atoms with E-state index >= 15 is 0 Å². The highest BCUT2D eigenvalue weighted by Crippen LogP contribution is 2.24. The second-order valence-corrected chi connectivity index (χ2v) is 9.51. The number of hydrogen-bond donors (Lipinski definition) is 1. The van der Waals surface area contributed by atoms with Crippen molar-refractivity contribution in [2.24, 2.45) is 5.92 Å². The van der Waals surface area contributed by atoms with Crippen LogP contribution in [-0.4, -0.2) is 39.2 Å². The van der Waals surface area contributed by atoms with Crippen LogP contribution in [0.4, 0.5) is 5.69 Å². The molecule has 2 aromatic carbocycles. The van der Waals surface area contributed by atoms with Crippen molar-refractivity contribution in [3.8, 4) is 0 Å². The zero-order valence-corrected chi connectivity index (χ0v) is 17.5. The van der Waals surface area contributed by atoms with E-state index < -0.39 is 10.0 Å². The Balaban J connectivity index is 1.77. The molecule has 0 radical (unpaired) electrons. The first-order chi connectivity index (χ1) is 12.3. The molecule has 5 nitrogen and oxygen atoms in total. The molecule has 7 heteroatoms. The van der Waals surface area contributed by atoms with Gasteiger partial charge >= 0.3 is 0 Å². The number of hydrogen-bond acceptors (Lipinski definition) is 4. The SMILES string of the molecule is CN1CCC(C(=O)c2cccc(NS(=O)(=O)c3ccc(I)cc3)c2)CC1. The molecule has 0 atom stereocenters. The molecule has 1 heterocycles. The lowest BCUT2D eigenvalue weighted by atomic mass is 9.89. The van der Waals surface area contributed by atoms with Gasteiger partial charge in [0.1, 0.15) is 0 Å². The number of carbonyl (C=O) groups is 1. The summed E-state index contributed by atoms with van der Waals surface area (Å²) in [6.07, 6.45) is 1.68. The fourth-order valence-corrected chi connectivity index (χ4v) is 4.48. The maximum absolute atomic E-state index is 12.7. The number of carbonyl (C=O) groups excluding carboxylic acids is 1. The lowest BCUT2D eigenvalue weighted by Gasteiger charge is -2.28. The van der Waals surface area contributed by atoms with Crippen molar-refractivity contribution >= 4 is 44.1 Å². The molecule has 0 aromatic heterocycles. The van der Waals surface area contributed by atoms with Crippen LogP contribution >= 0.6 is 22.6 Å². The van der Waals surface area contributed by atoms with Crippen molar-refractivity contribution in [1.29, 1.82) is 0 Å². The average Bonchev–Trinajstić information content (AvgIpc) is 2.62. The van der Waals surface area contributed by atoms with Gasteiger partial charge in [-0.2, -0.15) is 0 Å². The quantitative estimate of drug-likeness (QED) is 0.520. The number of nitrogens with one attached hydrogen (secondary N) is 1. The maximum Gasteiger partial charge on any atom is 0.261 e. The van der Waals surface area contributed by atoms with E-state index in [-0.39, 0.29) is 16.6 Å². The maximum atomic E-state index is 12.7. The highest BCUT2D eigenvalue weighted by atomic mass is 127. The van der Waals surface area contributed by atoms with Crippen LogP contribution in [0.1, 0.15) is 23.2 Å². The van der Waals surface area contributed by atoms with E-state index in [2.05, 4.69) is 39.3 Å². The van der Waals surface area contributed by atoms with Crippen LogP contribution in [0.3, 0.4) is 0 Å². The summed E-state index contributed by atoms with van der Waals surface area (Å²) >= 11 is 2.13. The van der Waals surface area contributed by atoms with Gasteiger partial charge in [0.25, 0.3) is 10.0 Å². The Morgan fingerprint density at radius 2 is 1.77 bits per heavy atom. The molecule has 1 saturated heterocycles. The Kier molecular flexibility index (Phi) is 5.99. The molecular formula is C19H21IN2O3S. The van der Waals surface area contributed by atoms with Crippen LogP contribution < -0.4 is 4.72 Å². The molecule has 1 aliphatic rings. The van der Waals surface area contributed by atoms with Gasteiger partial charge in [-0.05, 0) is 92.0 Å². The predicted octanol–water partition coefficient (Wildman–Crippen LogP) is 3.62. The molecule has 138 valence electrons. The van der Waals surface area contributed by atoms with E-state index in [1.807, 2.05) is 0 Å². The van der Waals surface area contributed by atoms with Gasteiger partial charge in [0.2, 0.25) is 0 Å². The first-order valence-electron chi connectivity index (χ1n) is 8.46. The van der Waals surface area contributed by atoms with E-state index in [1.165, 1.54) is 0 Å². The van der Waals surface area contributed by atoms with Gasteiger partial charge < -0.3 is 4.90 Å². The number of rotatable bonds is 5. The molecule has 0 aliphatic carbocycles. The topological polar surface area (TPSA) is 66.5 Å². The Bertz CT molecular complexity index is 889. The minimum atomic E-state index is -3.68. The van der Waals surface area contributed by atoms with Gasteiger partial charge in [-0.3, -0.25) is 9.52 Å². The van der Waals surface area contributed by atoms with Crippen LogP contribution in [0.2, 0.25) is 0 Å². The second-order valence-electron chi connectivity index (χ2n) is 6.58. The molecule has 0 amide bonds. The molecule has 3 rings (SSSR count). The van der Waals surface area contributed by atoms with Crippen molar-refractivity contribution in [1.82, 2.24) is 4.90 Å². The number of likely N-dealkylation sites (tertiary alicyclic amines) is 1. The molecule has 2 aromatic rings. The molecule has 1 N–H and O–H groups in total. The number of halogens is 1. The molecule has 0 bridgehead atoms. The summed E-state index contributed by atoms with van der Waals surface area (Å²) in [5.74, 6) is 0.0997. The monoisotopic (exact) mass is 484 g/mol. The zero-order chi connectivity index (χ0) is 18.7. The van der Waals surface area contributed by atoms with Crippen LogP contribution in [0.25, 0.3) is 0 Å². The summed E-state index contributed by atoms with van der Waals surface area (Å²) in [4.78, 5) is 15.2. The third-order valence-electron chi connectivity index (χ3n) is 4.61. The average molecular weight is 484 g/mol. The number of ketones is 1. The third-order valence-corrected chi connectivity index (χ3v) is 6.73. The third kappa shape index (κ3) is 4.63. The summed E-state index contributed by atoms with van der Waals surface area (Å²) in [5.41, 5.74) is 0.963. The van der Waals surface area contributed by atoms with E-state index in [1.54, 1.807) is 48.5 Å². The number of anilines is 1. The summed E-state index contributed by atoms with van der Waals surface area (Å²) in [5, 5.41) is 0. The Morgan fingerprint density at radius 1 is 1.12 bits per heavy atom. The van der Waals surface area contributed by atoms with E-state index in [0.29, 0.717) is 11.3 Å². The minimum Gasteiger partial charge on any atom is -0.306 e. The van der Waals surface area contributed by atoms with Gasteiger partial charge in [0.05, 0.1) is 4.90 Å². The number of nitrogens with zero attached hydrogens (tertiary/aromatic N) is 1. The lowest BCUT2D eigenvalue weighted by molar-refractivity contribution is 0.0857. The highest BCUT2D eigenvalue weighted by molar-refractivity contribution is 14.1. The molecule has 0 unspecified atom stereocenters. The van der Waals surface area contributed by atoms with Crippen LogP contribution in [0, 0.1) is 9.49 Å². The van der Waals surface area contributed by atoms with Crippen molar-refractivity contribution in [3.63, 3.8) is 0 Å². The van der Waals surface area contributed by atoms with Crippen LogP contribution in [0.15, 0.2) is 53.4 Å². The number of Topliss-reactive ketones (excluding diaryl/α,β-unsaturated/α-hetero) is 1. The molecule has 0 spiro atoms. The molecule has 1 fully saturated rings. The van der Waals surface area contributed by atoms with Gasteiger partial charge in [0.15, 0.2) is 5.78 Å². The summed E-state index contributed by atoms with van der Waals surface area (Å²) in [6, 6.07) is 13.4. The molecule has 26 heavy (non-hydrogen) atoms. The summed E-state index contributed by atoms with van der Waals surface area (Å²) in [7, 11) is -1.62. The smallest absolute Gasteiger partial charge is 0.261 e. The fraction of sp³-hybridized carbons (Fsp3) is 0.316. The van der Waals surface area contributed by atoms with E-state index in [4.69, 9.17) is 0 Å².